The number of hydrazone groups is 1. The van der Waals surface area contributed by atoms with Gasteiger partial charge in [0.2, 0.25) is 5.13 Å². The Bertz CT molecular complexity index is 857. The number of rotatable bonds is 8. The summed E-state index contributed by atoms with van der Waals surface area (Å²) in [5, 5.41) is 5.04. The summed E-state index contributed by atoms with van der Waals surface area (Å²) in [6.45, 7) is 5.04. The van der Waals surface area contributed by atoms with E-state index in [1.807, 2.05) is 42.5 Å². The van der Waals surface area contributed by atoms with E-state index in [4.69, 9.17) is 9.47 Å². The van der Waals surface area contributed by atoms with Gasteiger partial charge in [-0.05, 0) is 48.2 Å². The highest BCUT2D eigenvalue weighted by Crippen LogP contribution is 2.28. The molecule has 0 radical (unpaired) electrons. The van der Waals surface area contributed by atoms with Crippen molar-refractivity contribution in [2.75, 3.05) is 19.1 Å². The molecule has 0 bridgehead atoms. The Morgan fingerprint density at radius 3 is 2.81 bits per heavy atom. The Morgan fingerprint density at radius 1 is 1.19 bits per heavy atom. The molecule has 6 heteroatoms. The number of thiazole rings is 1. The number of hydrogen-bond donors (Lipinski definition) is 1. The summed E-state index contributed by atoms with van der Waals surface area (Å²) in [6.07, 6.45) is 2.75. The van der Waals surface area contributed by atoms with Crippen LogP contribution in [0, 0.1) is 5.92 Å². The van der Waals surface area contributed by atoms with E-state index in [-0.39, 0.29) is 0 Å². The number of fused-ring (bicyclic) bond motifs is 1. The van der Waals surface area contributed by atoms with Crippen molar-refractivity contribution in [1.29, 1.82) is 0 Å². The van der Waals surface area contributed by atoms with E-state index in [0.29, 0.717) is 18.3 Å². The molecule has 0 saturated heterocycles. The van der Waals surface area contributed by atoms with Gasteiger partial charge in [-0.25, -0.2) is 4.98 Å². The van der Waals surface area contributed by atoms with Crippen molar-refractivity contribution in [1.82, 2.24) is 4.98 Å². The van der Waals surface area contributed by atoms with Crippen molar-refractivity contribution in [3.63, 3.8) is 0 Å². The van der Waals surface area contributed by atoms with Gasteiger partial charge < -0.3 is 9.47 Å². The van der Waals surface area contributed by atoms with Gasteiger partial charge in [-0.2, -0.15) is 5.10 Å². The lowest BCUT2D eigenvalue weighted by Gasteiger charge is -2.12. The number of benzene rings is 2. The number of hydrogen-bond acceptors (Lipinski definition) is 6. The van der Waals surface area contributed by atoms with Crippen LogP contribution in [-0.4, -0.2) is 24.9 Å². The summed E-state index contributed by atoms with van der Waals surface area (Å²) in [6, 6.07) is 13.8. The standard InChI is InChI=1S/C20H23N3O2S/c1-14(2)10-11-25-17-9-8-15(12-18(17)24-3)13-21-23-20-22-16-6-4-5-7-19(16)26-20/h4-9,12-14H,10-11H2,1-3H3,(H,22,23). The molecule has 3 rings (SSSR count). The number of ether oxygens (including phenoxy) is 2. The Balaban J connectivity index is 1.64. The van der Waals surface area contributed by atoms with Crippen LogP contribution in [0.3, 0.4) is 0 Å². The first kappa shape index (κ1) is 18.2. The van der Waals surface area contributed by atoms with Crippen molar-refractivity contribution < 1.29 is 9.47 Å². The average molecular weight is 369 g/mol. The maximum atomic E-state index is 5.81. The Morgan fingerprint density at radius 2 is 2.04 bits per heavy atom. The van der Waals surface area contributed by atoms with Crippen molar-refractivity contribution in [2.45, 2.75) is 20.3 Å². The van der Waals surface area contributed by atoms with Crippen LogP contribution < -0.4 is 14.9 Å². The Hall–Kier alpha value is -2.60. The first-order chi connectivity index (χ1) is 12.7. The minimum Gasteiger partial charge on any atom is -0.493 e. The van der Waals surface area contributed by atoms with Gasteiger partial charge in [0.25, 0.3) is 0 Å². The van der Waals surface area contributed by atoms with E-state index < -0.39 is 0 Å². The molecule has 3 aromatic rings. The minimum atomic E-state index is 0.612. The van der Waals surface area contributed by atoms with Crippen molar-refractivity contribution >= 4 is 32.9 Å². The molecule has 0 unspecified atom stereocenters. The monoisotopic (exact) mass is 369 g/mol. The Labute approximate surface area is 157 Å². The van der Waals surface area contributed by atoms with Gasteiger partial charge in [-0.3, -0.25) is 5.43 Å². The fraction of sp³-hybridized carbons (Fsp3) is 0.300. The van der Waals surface area contributed by atoms with Crippen LogP contribution in [0.2, 0.25) is 0 Å². The van der Waals surface area contributed by atoms with Gasteiger partial charge in [-0.15, -0.1) is 0 Å². The maximum Gasteiger partial charge on any atom is 0.204 e. The van der Waals surface area contributed by atoms with Crippen molar-refractivity contribution in [2.24, 2.45) is 11.0 Å². The highest BCUT2D eigenvalue weighted by molar-refractivity contribution is 7.22. The molecule has 136 valence electrons. The zero-order valence-corrected chi connectivity index (χ0v) is 16.0. The maximum absolute atomic E-state index is 5.81. The van der Waals surface area contributed by atoms with E-state index in [1.165, 1.54) is 0 Å². The number of anilines is 1. The fourth-order valence-electron chi connectivity index (χ4n) is 2.37. The quantitative estimate of drug-likeness (QED) is 0.439. The molecular weight excluding hydrogens is 346 g/mol. The third-order valence-electron chi connectivity index (χ3n) is 3.81. The number of aromatic nitrogens is 1. The van der Waals surface area contributed by atoms with Gasteiger partial charge in [0.05, 0.1) is 30.1 Å². The summed E-state index contributed by atoms with van der Waals surface area (Å²) < 4.78 is 12.4. The number of nitrogens with zero attached hydrogens (tertiary/aromatic N) is 2. The van der Waals surface area contributed by atoms with E-state index >= 15 is 0 Å². The molecule has 5 nitrogen and oxygen atoms in total. The van der Waals surface area contributed by atoms with E-state index in [2.05, 4.69) is 29.4 Å². The summed E-state index contributed by atoms with van der Waals surface area (Å²) in [7, 11) is 1.64. The molecule has 0 fully saturated rings. The fourth-order valence-corrected chi connectivity index (χ4v) is 3.19. The van der Waals surface area contributed by atoms with E-state index in [0.717, 1.165) is 33.1 Å². The summed E-state index contributed by atoms with van der Waals surface area (Å²) in [4.78, 5) is 4.49. The highest BCUT2D eigenvalue weighted by atomic mass is 32.1. The number of nitrogens with one attached hydrogen (secondary N) is 1. The van der Waals surface area contributed by atoms with Crippen LogP contribution in [0.15, 0.2) is 47.6 Å². The average Bonchev–Trinajstić information content (AvgIpc) is 3.05. The zero-order chi connectivity index (χ0) is 18.4. The summed E-state index contributed by atoms with van der Waals surface area (Å²) in [5.41, 5.74) is 4.88. The van der Waals surface area contributed by atoms with E-state index in [9.17, 15) is 0 Å². The van der Waals surface area contributed by atoms with E-state index in [1.54, 1.807) is 24.7 Å². The molecule has 2 aromatic carbocycles. The van der Waals surface area contributed by atoms with Gasteiger partial charge in [0, 0.05) is 0 Å². The largest absolute Gasteiger partial charge is 0.493 e. The van der Waals surface area contributed by atoms with Crippen LogP contribution in [0.4, 0.5) is 5.13 Å². The second-order valence-corrected chi connectivity index (χ2v) is 7.33. The molecule has 26 heavy (non-hydrogen) atoms. The third kappa shape index (κ3) is 4.73. The predicted molar refractivity (Wildman–Crippen MR) is 109 cm³/mol. The number of para-hydroxylation sites is 1. The molecule has 0 aliphatic rings. The van der Waals surface area contributed by atoms with Crippen LogP contribution in [0.25, 0.3) is 10.2 Å². The lowest BCUT2D eigenvalue weighted by molar-refractivity contribution is 0.273. The van der Waals surface area contributed by atoms with Gasteiger partial charge >= 0.3 is 0 Å². The third-order valence-corrected chi connectivity index (χ3v) is 4.75. The molecule has 0 aliphatic heterocycles. The molecule has 0 spiro atoms. The molecule has 1 N–H and O–H groups in total. The number of methoxy groups -OCH3 is 1. The molecule has 0 amide bonds. The smallest absolute Gasteiger partial charge is 0.204 e. The summed E-state index contributed by atoms with van der Waals surface area (Å²) >= 11 is 1.57. The van der Waals surface area contributed by atoms with Crippen LogP contribution in [0.5, 0.6) is 11.5 Å². The SMILES string of the molecule is COc1cc(C=NNc2nc3ccccc3s2)ccc1OCCC(C)C. The molecule has 1 aromatic heterocycles. The summed E-state index contributed by atoms with van der Waals surface area (Å²) in [5.74, 6) is 2.07. The highest BCUT2D eigenvalue weighted by Gasteiger charge is 2.06. The second kappa shape index (κ2) is 8.67. The normalized spacial score (nSPS) is 11.4. The van der Waals surface area contributed by atoms with Gasteiger partial charge in [-0.1, -0.05) is 37.3 Å². The molecular formula is C20H23N3O2S. The first-order valence-corrected chi connectivity index (χ1v) is 9.43. The Kier molecular flexibility index (Phi) is 6.07. The van der Waals surface area contributed by atoms with Crippen molar-refractivity contribution in [3.05, 3.63) is 48.0 Å². The minimum absolute atomic E-state index is 0.612. The van der Waals surface area contributed by atoms with Crippen molar-refractivity contribution in [3.8, 4) is 11.5 Å². The lowest BCUT2D eigenvalue weighted by Crippen LogP contribution is -2.03. The van der Waals surface area contributed by atoms with Crippen LogP contribution in [0.1, 0.15) is 25.8 Å². The molecule has 0 aliphatic carbocycles. The zero-order valence-electron chi connectivity index (χ0n) is 15.2. The van der Waals surface area contributed by atoms with Crippen LogP contribution in [-0.2, 0) is 0 Å². The molecule has 0 saturated carbocycles. The topological polar surface area (TPSA) is 55.7 Å². The van der Waals surface area contributed by atoms with Crippen LogP contribution >= 0.6 is 11.3 Å². The lowest BCUT2D eigenvalue weighted by atomic mass is 10.1. The predicted octanol–water partition coefficient (Wildman–Crippen LogP) is 5.18. The second-order valence-electron chi connectivity index (χ2n) is 6.30. The van der Waals surface area contributed by atoms with Gasteiger partial charge in [0.1, 0.15) is 0 Å². The first-order valence-electron chi connectivity index (χ1n) is 8.61. The van der Waals surface area contributed by atoms with Gasteiger partial charge in [0.15, 0.2) is 11.5 Å². The molecule has 0 atom stereocenters. The molecule has 1 heterocycles.